The minimum atomic E-state index is 0.616. The van der Waals surface area contributed by atoms with Crippen LogP contribution in [0.25, 0.3) is 23.7 Å². The molecule has 0 atom stereocenters. The monoisotopic (exact) mass is 463 g/mol. The van der Waals surface area contributed by atoms with Crippen molar-refractivity contribution in [3.8, 4) is 0 Å². The Bertz CT molecular complexity index is 1290. The van der Waals surface area contributed by atoms with E-state index < -0.39 is 0 Å². The Kier molecular flexibility index (Phi) is 8.34. The van der Waals surface area contributed by atoms with Crippen molar-refractivity contribution in [3.05, 3.63) is 74.9 Å². The van der Waals surface area contributed by atoms with E-state index in [0.29, 0.717) is 5.02 Å². The molecule has 0 unspecified atom stereocenters. The molecule has 5 nitrogen and oxygen atoms in total. The lowest BCUT2D eigenvalue weighted by Crippen LogP contribution is -2.24. The minimum absolute atomic E-state index is 0.616. The van der Waals surface area contributed by atoms with Gasteiger partial charge in [-0.2, -0.15) is 0 Å². The smallest absolute Gasteiger partial charge is 0.137 e. The van der Waals surface area contributed by atoms with E-state index in [4.69, 9.17) is 11.6 Å². The maximum Gasteiger partial charge on any atom is 0.137 e. The molecular weight excluding hydrogens is 430 g/mol. The van der Waals surface area contributed by atoms with Gasteiger partial charge in [-0.05, 0) is 69.0 Å². The van der Waals surface area contributed by atoms with Crippen LogP contribution < -0.4 is 15.6 Å². The first kappa shape index (κ1) is 24.6. The number of pyridine rings is 1. The number of aromatic amines is 2. The van der Waals surface area contributed by atoms with Gasteiger partial charge in [-0.15, -0.1) is 0 Å². The summed E-state index contributed by atoms with van der Waals surface area (Å²) < 4.78 is 0. The van der Waals surface area contributed by atoms with Crippen LogP contribution in [0.2, 0.25) is 5.02 Å². The van der Waals surface area contributed by atoms with Crippen molar-refractivity contribution in [3.63, 3.8) is 0 Å². The molecule has 0 amide bonds. The Hall–Kier alpha value is -3.05. The predicted molar refractivity (Wildman–Crippen MR) is 141 cm³/mol. The molecule has 3 heterocycles. The van der Waals surface area contributed by atoms with Crippen LogP contribution >= 0.6 is 11.6 Å². The standard InChI is InChI=1S/C14H23N.C13H11ClN4/c1-5-7-15(8-6-2)14-10-12(3)9-13(4)11-14;1-7-12(18-8(2)17-7)3-9-5-15-13-11(9)4-10(14)6-16-13/h9-11H,5-8H2,1-4H3;3-6H,1H2,2H3,(H,15,16)(H,17,18)/b;12-3-. The van der Waals surface area contributed by atoms with Crippen LogP contribution in [0.15, 0.2) is 36.7 Å². The summed E-state index contributed by atoms with van der Waals surface area (Å²) in [6, 6.07) is 8.70. The Balaban J connectivity index is 0.000000190. The molecular formula is C27H34ClN5. The quantitative estimate of drug-likeness (QED) is 0.401. The van der Waals surface area contributed by atoms with Gasteiger partial charge < -0.3 is 14.9 Å². The van der Waals surface area contributed by atoms with Gasteiger partial charge >= 0.3 is 0 Å². The second-order valence-electron chi connectivity index (χ2n) is 8.46. The van der Waals surface area contributed by atoms with Gasteiger partial charge in [0.15, 0.2) is 0 Å². The molecule has 4 aromatic rings. The number of hydrogen-bond donors (Lipinski definition) is 2. The number of benzene rings is 1. The molecule has 0 bridgehead atoms. The minimum Gasteiger partial charge on any atom is -0.372 e. The Morgan fingerprint density at radius 3 is 2.27 bits per heavy atom. The van der Waals surface area contributed by atoms with Crippen molar-refractivity contribution in [1.29, 1.82) is 0 Å². The molecule has 0 saturated carbocycles. The fraction of sp³-hybridized carbons (Fsp3) is 0.333. The number of halogens is 1. The maximum absolute atomic E-state index is 5.96. The molecule has 0 aliphatic rings. The number of H-pyrrole nitrogens is 2. The fourth-order valence-corrected chi connectivity index (χ4v) is 4.14. The Morgan fingerprint density at radius 2 is 1.70 bits per heavy atom. The van der Waals surface area contributed by atoms with Crippen LogP contribution in [0.1, 0.15) is 49.2 Å². The first-order valence-corrected chi connectivity index (χ1v) is 11.9. The molecule has 0 aliphatic carbocycles. The summed E-state index contributed by atoms with van der Waals surface area (Å²) >= 11 is 5.96. The number of nitrogens with zero attached hydrogens (tertiary/aromatic N) is 3. The maximum atomic E-state index is 5.96. The third-order valence-electron chi connectivity index (χ3n) is 5.31. The van der Waals surface area contributed by atoms with Crippen LogP contribution in [0.3, 0.4) is 0 Å². The van der Waals surface area contributed by atoms with Gasteiger partial charge in [-0.25, -0.2) is 9.97 Å². The van der Waals surface area contributed by atoms with Gasteiger partial charge in [0, 0.05) is 42.1 Å². The third kappa shape index (κ3) is 6.48. The average molecular weight is 464 g/mol. The van der Waals surface area contributed by atoms with Gasteiger partial charge in [0.2, 0.25) is 0 Å². The lowest BCUT2D eigenvalue weighted by molar-refractivity contribution is 0.744. The summed E-state index contributed by atoms with van der Waals surface area (Å²) in [4.78, 5) is 17.3. The SMILES string of the molecule is C=c1[nH]c(C)n/c1=C\c1c[nH]c2ncc(Cl)cc12.CCCN(CCC)c1cc(C)cc(C)c1. The molecule has 0 spiro atoms. The van der Waals surface area contributed by atoms with Gasteiger partial charge in [0.25, 0.3) is 0 Å². The summed E-state index contributed by atoms with van der Waals surface area (Å²) in [6.07, 6.45) is 7.90. The van der Waals surface area contributed by atoms with Crippen molar-refractivity contribution in [1.82, 2.24) is 19.9 Å². The van der Waals surface area contributed by atoms with Gasteiger partial charge in [-0.1, -0.05) is 38.1 Å². The van der Waals surface area contributed by atoms with Crippen LogP contribution in [0, 0.1) is 20.8 Å². The zero-order chi connectivity index (χ0) is 24.0. The van der Waals surface area contributed by atoms with E-state index in [0.717, 1.165) is 46.2 Å². The van der Waals surface area contributed by atoms with Crippen molar-refractivity contribution >= 4 is 41.0 Å². The molecule has 33 heavy (non-hydrogen) atoms. The predicted octanol–water partition coefficient (Wildman–Crippen LogP) is 5.42. The normalized spacial score (nSPS) is 11.5. The van der Waals surface area contributed by atoms with E-state index >= 15 is 0 Å². The molecule has 0 saturated heterocycles. The van der Waals surface area contributed by atoms with Crippen LogP contribution in [0.5, 0.6) is 0 Å². The summed E-state index contributed by atoms with van der Waals surface area (Å²) in [5.74, 6) is 0.849. The molecule has 4 rings (SSSR count). The molecule has 0 radical (unpaired) electrons. The summed E-state index contributed by atoms with van der Waals surface area (Å²) in [6.45, 7) is 17.0. The number of rotatable bonds is 6. The number of aromatic nitrogens is 4. The van der Waals surface area contributed by atoms with Crippen LogP contribution in [-0.2, 0) is 0 Å². The van der Waals surface area contributed by atoms with E-state index in [1.165, 1.54) is 29.7 Å². The van der Waals surface area contributed by atoms with E-state index in [2.05, 4.69) is 77.3 Å². The number of nitrogens with one attached hydrogen (secondary N) is 2. The zero-order valence-electron chi connectivity index (χ0n) is 20.3. The zero-order valence-corrected chi connectivity index (χ0v) is 21.1. The van der Waals surface area contributed by atoms with Crippen molar-refractivity contribution in [2.45, 2.75) is 47.5 Å². The number of aryl methyl sites for hydroxylation is 3. The van der Waals surface area contributed by atoms with Gasteiger partial charge in [-0.3, -0.25) is 0 Å². The van der Waals surface area contributed by atoms with Gasteiger partial charge in [0.1, 0.15) is 11.5 Å². The number of anilines is 1. The Labute approximate surface area is 201 Å². The number of imidazole rings is 1. The molecule has 1 aromatic carbocycles. The highest BCUT2D eigenvalue weighted by Gasteiger charge is 2.05. The van der Waals surface area contributed by atoms with Crippen molar-refractivity contribution < 1.29 is 0 Å². The number of hydrogen-bond acceptors (Lipinski definition) is 3. The Morgan fingerprint density at radius 1 is 1.03 bits per heavy atom. The largest absolute Gasteiger partial charge is 0.372 e. The molecule has 0 aliphatic heterocycles. The lowest BCUT2D eigenvalue weighted by atomic mass is 10.1. The van der Waals surface area contributed by atoms with E-state index in [1.807, 2.05) is 25.3 Å². The van der Waals surface area contributed by atoms with Crippen molar-refractivity contribution in [2.75, 3.05) is 18.0 Å². The van der Waals surface area contributed by atoms with E-state index in [-0.39, 0.29) is 0 Å². The molecule has 0 fully saturated rings. The highest BCUT2D eigenvalue weighted by Crippen LogP contribution is 2.21. The molecule has 3 aromatic heterocycles. The summed E-state index contributed by atoms with van der Waals surface area (Å²) in [5.41, 5.74) is 5.92. The first-order valence-electron chi connectivity index (χ1n) is 11.5. The van der Waals surface area contributed by atoms with E-state index in [1.54, 1.807) is 6.20 Å². The average Bonchev–Trinajstić information content (AvgIpc) is 3.29. The molecule has 174 valence electrons. The fourth-order valence-electron chi connectivity index (χ4n) is 3.99. The highest BCUT2D eigenvalue weighted by atomic mass is 35.5. The molecule has 6 heteroatoms. The van der Waals surface area contributed by atoms with Crippen LogP contribution in [0.4, 0.5) is 5.69 Å². The second-order valence-corrected chi connectivity index (χ2v) is 8.89. The van der Waals surface area contributed by atoms with E-state index in [9.17, 15) is 0 Å². The highest BCUT2D eigenvalue weighted by molar-refractivity contribution is 6.31. The number of fused-ring (bicyclic) bond motifs is 1. The third-order valence-corrected chi connectivity index (χ3v) is 5.52. The lowest BCUT2D eigenvalue weighted by Gasteiger charge is -2.24. The summed E-state index contributed by atoms with van der Waals surface area (Å²) in [5, 5.41) is 3.22. The first-order chi connectivity index (χ1) is 15.8. The molecule has 2 N–H and O–H groups in total. The van der Waals surface area contributed by atoms with Crippen LogP contribution in [-0.4, -0.2) is 33.0 Å². The topological polar surface area (TPSA) is 60.6 Å². The van der Waals surface area contributed by atoms with Gasteiger partial charge in [0.05, 0.1) is 15.7 Å². The van der Waals surface area contributed by atoms with Crippen molar-refractivity contribution in [2.24, 2.45) is 0 Å². The summed E-state index contributed by atoms with van der Waals surface area (Å²) in [7, 11) is 0. The second kappa shape index (κ2) is 11.2.